The topological polar surface area (TPSA) is 82.1 Å². The quantitative estimate of drug-likeness (QED) is 0.759. The van der Waals surface area contributed by atoms with Gasteiger partial charge in [0.15, 0.2) is 0 Å². The second-order valence-corrected chi connectivity index (χ2v) is 8.97. The van der Waals surface area contributed by atoms with Gasteiger partial charge < -0.3 is 9.80 Å². The minimum absolute atomic E-state index is 0.0333. The minimum Gasteiger partial charge on any atom is -0.339 e. The van der Waals surface area contributed by atoms with Crippen molar-refractivity contribution in [2.24, 2.45) is 21.8 Å². The van der Waals surface area contributed by atoms with Gasteiger partial charge in [-0.3, -0.25) is 14.4 Å². The summed E-state index contributed by atoms with van der Waals surface area (Å²) in [7, 11) is 0. The van der Waals surface area contributed by atoms with Crippen LogP contribution in [-0.4, -0.2) is 59.4 Å². The second kappa shape index (κ2) is 7.24. The van der Waals surface area contributed by atoms with Crippen molar-refractivity contribution in [2.45, 2.75) is 59.8 Å². The monoisotopic (exact) mass is 376 g/mol. The Labute approximate surface area is 161 Å². The number of hydrogen-bond donors (Lipinski definition) is 1. The summed E-state index contributed by atoms with van der Waals surface area (Å²) < 4.78 is 0. The molecule has 7 heteroatoms. The molecule has 27 heavy (non-hydrogen) atoms. The lowest BCUT2D eigenvalue weighted by molar-refractivity contribution is -0.139. The first-order valence-corrected chi connectivity index (χ1v) is 10.0. The first kappa shape index (κ1) is 19.8. The van der Waals surface area contributed by atoms with Gasteiger partial charge in [0.1, 0.15) is 0 Å². The smallest absolute Gasteiger partial charge is 0.240 e. The summed E-state index contributed by atoms with van der Waals surface area (Å²) in [5, 5.41) is 4.44. The molecule has 2 saturated carbocycles. The normalized spacial score (nSPS) is 30.7. The Hall–Kier alpha value is -1.92. The highest BCUT2D eigenvalue weighted by atomic mass is 16.2. The van der Waals surface area contributed by atoms with Crippen LogP contribution in [0.3, 0.4) is 0 Å². The summed E-state index contributed by atoms with van der Waals surface area (Å²) in [5.74, 6) is 0.447. The third-order valence-electron chi connectivity index (χ3n) is 7.47. The lowest BCUT2D eigenvalue weighted by atomic mass is 9.70. The summed E-state index contributed by atoms with van der Waals surface area (Å²) >= 11 is 0. The van der Waals surface area contributed by atoms with Crippen LogP contribution < -0.4 is 5.43 Å². The van der Waals surface area contributed by atoms with E-state index in [0.29, 0.717) is 32.1 Å². The maximum atomic E-state index is 12.3. The van der Waals surface area contributed by atoms with E-state index in [1.165, 1.54) is 6.42 Å². The minimum atomic E-state index is -0.206. The van der Waals surface area contributed by atoms with E-state index in [1.807, 2.05) is 0 Å². The molecule has 0 radical (unpaired) electrons. The third kappa shape index (κ3) is 3.60. The van der Waals surface area contributed by atoms with Gasteiger partial charge in [-0.15, -0.1) is 0 Å². The number of amides is 3. The van der Waals surface area contributed by atoms with Gasteiger partial charge in [0.25, 0.3) is 0 Å². The molecule has 2 aliphatic carbocycles. The standard InChI is InChI=1S/C20H32N4O3/c1-14(25)23-9-11-24(12-10-23)18(27)6-5-17(26)22-21-16-13-15-7-8-20(16,4)19(15,2)3/h15H,5-13H2,1-4H3,(H,22,26)/b21-16-/t15-,20-/m0/s1. The highest BCUT2D eigenvalue weighted by Crippen LogP contribution is 2.63. The summed E-state index contributed by atoms with van der Waals surface area (Å²) in [6.07, 6.45) is 3.66. The van der Waals surface area contributed by atoms with E-state index in [4.69, 9.17) is 0 Å². The van der Waals surface area contributed by atoms with Crippen molar-refractivity contribution in [3.63, 3.8) is 0 Å². The maximum absolute atomic E-state index is 12.3. The Morgan fingerprint density at radius 3 is 2.22 bits per heavy atom. The number of fused-ring (bicyclic) bond motifs is 2. The van der Waals surface area contributed by atoms with Crippen molar-refractivity contribution in [3.05, 3.63) is 0 Å². The molecule has 2 bridgehead atoms. The molecule has 3 rings (SSSR count). The number of hydrogen-bond acceptors (Lipinski definition) is 4. The van der Waals surface area contributed by atoms with Gasteiger partial charge in [-0.25, -0.2) is 5.43 Å². The van der Waals surface area contributed by atoms with Crippen LogP contribution in [0.25, 0.3) is 0 Å². The number of hydrazone groups is 1. The van der Waals surface area contributed by atoms with Gasteiger partial charge >= 0.3 is 0 Å². The van der Waals surface area contributed by atoms with Crippen molar-refractivity contribution in [1.82, 2.24) is 15.2 Å². The zero-order valence-corrected chi connectivity index (χ0v) is 17.0. The molecule has 3 amide bonds. The van der Waals surface area contributed by atoms with E-state index in [1.54, 1.807) is 16.7 Å². The van der Waals surface area contributed by atoms with E-state index >= 15 is 0 Å². The molecule has 1 aliphatic heterocycles. The first-order valence-electron chi connectivity index (χ1n) is 10.0. The van der Waals surface area contributed by atoms with E-state index in [2.05, 4.69) is 31.3 Å². The number of carbonyl (C=O) groups is 3. The molecule has 0 aromatic carbocycles. The Morgan fingerprint density at radius 1 is 1.07 bits per heavy atom. The summed E-state index contributed by atoms with van der Waals surface area (Å²) in [4.78, 5) is 39.3. The number of nitrogens with one attached hydrogen (secondary N) is 1. The van der Waals surface area contributed by atoms with Crippen LogP contribution in [0.2, 0.25) is 0 Å². The zero-order chi connectivity index (χ0) is 19.8. The fourth-order valence-electron chi connectivity index (χ4n) is 4.93. The zero-order valence-electron chi connectivity index (χ0n) is 17.0. The third-order valence-corrected chi connectivity index (χ3v) is 7.47. The Bertz CT molecular complexity index is 664. The molecule has 0 aromatic heterocycles. The van der Waals surface area contributed by atoms with Crippen molar-refractivity contribution in [2.75, 3.05) is 26.2 Å². The van der Waals surface area contributed by atoms with Crippen molar-refractivity contribution in [1.29, 1.82) is 0 Å². The number of rotatable bonds is 4. The lowest BCUT2D eigenvalue weighted by Crippen LogP contribution is -2.50. The van der Waals surface area contributed by atoms with Gasteiger partial charge in [-0.2, -0.15) is 5.10 Å². The molecule has 3 fully saturated rings. The van der Waals surface area contributed by atoms with Crippen LogP contribution in [0.1, 0.15) is 59.8 Å². The van der Waals surface area contributed by atoms with E-state index in [-0.39, 0.29) is 41.4 Å². The molecule has 7 nitrogen and oxygen atoms in total. The van der Waals surface area contributed by atoms with Gasteiger partial charge in [-0.05, 0) is 30.6 Å². The molecule has 3 aliphatic rings. The number of nitrogens with zero attached hydrogens (tertiary/aromatic N) is 3. The van der Waals surface area contributed by atoms with Gasteiger partial charge in [0.2, 0.25) is 17.7 Å². The molecule has 1 saturated heterocycles. The SMILES string of the molecule is CC(=O)N1CCN(C(=O)CCC(=O)N/N=C2/C[C@@H]3CC[C@]2(C)C3(C)C)CC1. The molecular weight excluding hydrogens is 344 g/mol. The Kier molecular flexibility index (Phi) is 5.32. The van der Waals surface area contributed by atoms with Crippen molar-refractivity contribution in [3.8, 4) is 0 Å². The second-order valence-electron chi connectivity index (χ2n) is 8.97. The molecular formula is C20H32N4O3. The first-order chi connectivity index (χ1) is 12.6. The van der Waals surface area contributed by atoms with Crippen LogP contribution in [0.4, 0.5) is 0 Å². The van der Waals surface area contributed by atoms with Gasteiger partial charge in [0, 0.05) is 57.1 Å². The van der Waals surface area contributed by atoms with E-state index in [0.717, 1.165) is 18.6 Å². The number of carbonyl (C=O) groups excluding carboxylic acids is 3. The molecule has 1 heterocycles. The molecule has 0 unspecified atom stereocenters. The predicted octanol–water partition coefficient (Wildman–Crippen LogP) is 1.78. The molecule has 150 valence electrons. The van der Waals surface area contributed by atoms with Crippen molar-refractivity contribution < 1.29 is 14.4 Å². The fourth-order valence-corrected chi connectivity index (χ4v) is 4.93. The van der Waals surface area contributed by atoms with Crippen LogP contribution in [0.5, 0.6) is 0 Å². The highest BCUT2D eigenvalue weighted by molar-refractivity contribution is 5.95. The molecule has 0 spiro atoms. The molecule has 0 aromatic rings. The largest absolute Gasteiger partial charge is 0.339 e. The van der Waals surface area contributed by atoms with E-state index < -0.39 is 0 Å². The van der Waals surface area contributed by atoms with Crippen LogP contribution in [0.15, 0.2) is 5.10 Å². The fraction of sp³-hybridized carbons (Fsp3) is 0.800. The predicted molar refractivity (Wildman–Crippen MR) is 103 cm³/mol. The van der Waals surface area contributed by atoms with E-state index in [9.17, 15) is 14.4 Å². The van der Waals surface area contributed by atoms with Crippen LogP contribution in [-0.2, 0) is 14.4 Å². The summed E-state index contributed by atoms with van der Waals surface area (Å²) in [5.41, 5.74) is 4.08. The molecule has 1 N–H and O–H groups in total. The maximum Gasteiger partial charge on any atom is 0.240 e. The average molecular weight is 377 g/mol. The van der Waals surface area contributed by atoms with Gasteiger partial charge in [-0.1, -0.05) is 20.8 Å². The highest BCUT2D eigenvalue weighted by Gasteiger charge is 2.60. The van der Waals surface area contributed by atoms with Crippen molar-refractivity contribution >= 4 is 23.4 Å². The summed E-state index contributed by atoms with van der Waals surface area (Å²) in [6.45, 7) is 10.6. The number of piperazine rings is 1. The summed E-state index contributed by atoms with van der Waals surface area (Å²) in [6, 6.07) is 0. The average Bonchev–Trinajstić information content (AvgIpc) is 2.97. The van der Waals surface area contributed by atoms with Gasteiger partial charge in [0.05, 0.1) is 0 Å². The lowest BCUT2D eigenvalue weighted by Gasteiger charge is -2.34. The van der Waals surface area contributed by atoms with Crippen LogP contribution >= 0.6 is 0 Å². The Morgan fingerprint density at radius 2 is 1.70 bits per heavy atom. The molecule has 2 atom stereocenters. The van der Waals surface area contributed by atoms with Crippen LogP contribution in [0, 0.1) is 16.7 Å². The Balaban J connectivity index is 1.44.